The summed E-state index contributed by atoms with van der Waals surface area (Å²) in [5, 5.41) is 12.1. The molecule has 0 radical (unpaired) electrons. The first-order valence-electron chi connectivity index (χ1n) is 5.81. The topological polar surface area (TPSA) is 88.2 Å². The van der Waals surface area contributed by atoms with Crippen LogP contribution in [0.5, 0.6) is 0 Å². The fraction of sp³-hybridized carbons (Fsp3) is 0.500. The van der Waals surface area contributed by atoms with Crippen LogP contribution in [-0.4, -0.2) is 22.6 Å². The van der Waals surface area contributed by atoms with Gasteiger partial charge in [0.2, 0.25) is 0 Å². The minimum Gasteiger partial charge on any atom is -0.478 e. The van der Waals surface area contributed by atoms with Gasteiger partial charge in [-0.1, -0.05) is 26.7 Å². The molecule has 17 heavy (non-hydrogen) atoms. The van der Waals surface area contributed by atoms with E-state index < -0.39 is 5.97 Å². The van der Waals surface area contributed by atoms with Gasteiger partial charge in [-0.15, -0.1) is 0 Å². The van der Waals surface area contributed by atoms with Gasteiger partial charge in [0.15, 0.2) is 0 Å². The first-order valence-corrected chi connectivity index (χ1v) is 5.81. The van der Waals surface area contributed by atoms with Gasteiger partial charge in [-0.3, -0.25) is 0 Å². The summed E-state index contributed by atoms with van der Waals surface area (Å²) >= 11 is 0. The zero-order chi connectivity index (χ0) is 12.8. The molecule has 0 spiro atoms. The number of aromatic carboxylic acids is 1. The van der Waals surface area contributed by atoms with E-state index in [1.54, 1.807) is 0 Å². The highest BCUT2D eigenvalue weighted by Gasteiger charge is 2.10. The molecule has 0 unspecified atom stereocenters. The first-order chi connectivity index (χ1) is 8.08. The number of nitrogens with zero attached hydrogens (tertiary/aromatic N) is 1. The van der Waals surface area contributed by atoms with Crippen LogP contribution in [-0.2, 0) is 0 Å². The monoisotopic (exact) mass is 237 g/mol. The number of rotatable bonds is 6. The molecule has 0 saturated heterocycles. The molecule has 0 atom stereocenters. The maximum atomic E-state index is 10.9. The zero-order valence-corrected chi connectivity index (χ0v) is 10.2. The number of carboxylic acids is 1. The third kappa shape index (κ3) is 3.62. The molecule has 4 N–H and O–H groups in total. The van der Waals surface area contributed by atoms with Crippen LogP contribution in [0.2, 0.25) is 0 Å². The third-order valence-electron chi connectivity index (χ3n) is 2.89. The van der Waals surface area contributed by atoms with E-state index in [0.29, 0.717) is 11.7 Å². The molecule has 0 bridgehead atoms. The summed E-state index contributed by atoms with van der Waals surface area (Å²) in [7, 11) is 0. The molecule has 1 aromatic heterocycles. The minimum atomic E-state index is -1.03. The van der Waals surface area contributed by atoms with Gasteiger partial charge in [0.25, 0.3) is 0 Å². The average Bonchev–Trinajstić information content (AvgIpc) is 2.32. The Bertz CT molecular complexity index is 389. The van der Waals surface area contributed by atoms with E-state index in [-0.39, 0.29) is 11.3 Å². The average molecular weight is 237 g/mol. The van der Waals surface area contributed by atoms with Crippen molar-refractivity contribution in [1.82, 2.24) is 4.98 Å². The summed E-state index contributed by atoms with van der Waals surface area (Å²) in [4.78, 5) is 15.0. The molecule has 1 aromatic rings. The summed E-state index contributed by atoms with van der Waals surface area (Å²) in [6.07, 6.45) is 3.55. The van der Waals surface area contributed by atoms with E-state index in [1.165, 1.54) is 12.3 Å². The number of nitrogens with one attached hydrogen (secondary N) is 1. The van der Waals surface area contributed by atoms with Gasteiger partial charge in [-0.05, 0) is 12.0 Å². The molecule has 0 fully saturated rings. The number of nitrogens with two attached hydrogens (primary N) is 1. The second-order valence-corrected chi connectivity index (χ2v) is 4.03. The molecule has 5 nitrogen and oxygen atoms in total. The molecule has 0 aromatic carbocycles. The fourth-order valence-corrected chi connectivity index (χ4v) is 1.57. The Morgan fingerprint density at radius 2 is 2.18 bits per heavy atom. The predicted octanol–water partition coefficient (Wildman–Crippen LogP) is 2.21. The highest BCUT2D eigenvalue weighted by molar-refractivity contribution is 5.94. The van der Waals surface area contributed by atoms with Crippen LogP contribution in [0.4, 0.5) is 11.5 Å². The van der Waals surface area contributed by atoms with Crippen molar-refractivity contribution in [1.29, 1.82) is 0 Å². The molecule has 1 heterocycles. The SMILES string of the molecule is CCC(CC)CNc1cc(C(=O)O)c(N)cn1. The molecule has 0 aliphatic carbocycles. The maximum Gasteiger partial charge on any atom is 0.337 e. The largest absolute Gasteiger partial charge is 0.478 e. The minimum absolute atomic E-state index is 0.0899. The molecule has 5 heteroatoms. The van der Waals surface area contributed by atoms with Crippen molar-refractivity contribution in [3.63, 3.8) is 0 Å². The van der Waals surface area contributed by atoms with Gasteiger partial charge in [0.05, 0.1) is 17.4 Å². The Balaban J connectivity index is 2.72. The van der Waals surface area contributed by atoms with Crippen LogP contribution in [0.25, 0.3) is 0 Å². The van der Waals surface area contributed by atoms with E-state index in [9.17, 15) is 4.79 Å². The smallest absolute Gasteiger partial charge is 0.337 e. The standard InChI is InChI=1S/C12H19N3O2/c1-3-8(4-2)6-14-11-5-9(12(16)17)10(13)7-15-11/h5,7-8H,3-4,6,13H2,1-2H3,(H,14,15)(H,16,17). The lowest BCUT2D eigenvalue weighted by molar-refractivity contribution is 0.0698. The summed E-state index contributed by atoms with van der Waals surface area (Å²) in [5.41, 5.74) is 5.80. The molecular weight excluding hydrogens is 218 g/mol. The Kier molecular flexibility index (Phi) is 4.75. The van der Waals surface area contributed by atoms with Crippen molar-refractivity contribution in [3.8, 4) is 0 Å². The zero-order valence-electron chi connectivity index (χ0n) is 10.2. The second-order valence-electron chi connectivity index (χ2n) is 4.03. The van der Waals surface area contributed by atoms with Crippen LogP contribution in [0, 0.1) is 5.92 Å². The molecule has 0 amide bonds. The number of hydrogen-bond acceptors (Lipinski definition) is 4. The normalized spacial score (nSPS) is 10.5. The van der Waals surface area contributed by atoms with Gasteiger partial charge in [-0.25, -0.2) is 9.78 Å². The van der Waals surface area contributed by atoms with Crippen molar-refractivity contribution in [2.24, 2.45) is 5.92 Å². The number of nitrogen functional groups attached to an aromatic ring is 1. The fourth-order valence-electron chi connectivity index (χ4n) is 1.57. The lowest BCUT2D eigenvalue weighted by atomic mass is 10.0. The summed E-state index contributed by atoms with van der Waals surface area (Å²) in [5.74, 6) is 0.0987. The van der Waals surface area contributed by atoms with E-state index >= 15 is 0 Å². The van der Waals surface area contributed by atoms with Crippen molar-refractivity contribution in [3.05, 3.63) is 17.8 Å². The number of pyridine rings is 1. The highest BCUT2D eigenvalue weighted by atomic mass is 16.4. The highest BCUT2D eigenvalue weighted by Crippen LogP contribution is 2.16. The van der Waals surface area contributed by atoms with Gasteiger partial charge >= 0.3 is 5.97 Å². The van der Waals surface area contributed by atoms with Crippen molar-refractivity contribution in [2.45, 2.75) is 26.7 Å². The van der Waals surface area contributed by atoms with Gasteiger partial charge in [0.1, 0.15) is 5.82 Å². The van der Waals surface area contributed by atoms with Gasteiger partial charge in [0, 0.05) is 6.54 Å². The molecule has 0 aliphatic heterocycles. The summed E-state index contributed by atoms with van der Waals surface area (Å²) < 4.78 is 0. The molecule has 0 aliphatic rings. The molecule has 0 saturated carbocycles. The number of carboxylic acid groups (broad SMARTS) is 1. The number of anilines is 2. The molecule has 94 valence electrons. The Hall–Kier alpha value is -1.78. The van der Waals surface area contributed by atoms with Crippen molar-refractivity contribution < 1.29 is 9.90 Å². The number of carbonyl (C=O) groups is 1. The van der Waals surface area contributed by atoms with Crippen molar-refractivity contribution in [2.75, 3.05) is 17.6 Å². The molecule has 1 rings (SSSR count). The Morgan fingerprint density at radius 3 is 2.71 bits per heavy atom. The van der Waals surface area contributed by atoms with Crippen LogP contribution in [0.3, 0.4) is 0 Å². The van der Waals surface area contributed by atoms with Gasteiger partial charge in [-0.2, -0.15) is 0 Å². The maximum absolute atomic E-state index is 10.9. The lowest BCUT2D eigenvalue weighted by Gasteiger charge is -2.14. The van der Waals surface area contributed by atoms with Crippen LogP contribution >= 0.6 is 0 Å². The Morgan fingerprint density at radius 1 is 1.53 bits per heavy atom. The van der Waals surface area contributed by atoms with E-state index in [0.717, 1.165) is 19.4 Å². The quantitative estimate of drug-likeness (QED) is 0.706. The van der Waals surface area contributed by atoms with E-state index in [1.807, 2.05) is 0 Å². The van der Waals surface area contributed by atoms with E-state index in [2.05, 4.69) is 24.1 Å². The first kappa shape index (κ1) is 13.3. The van der Waals surface area contributed by atoms with E-state index in [4.69, 9.17) is 10.8 Å². The third-order valence-corrected chi connectivity index (χ3v) is 2.89. The number of hydrogen-bond donors (Lipinski definition) is 3. The molecular formula is C12H19N3O2. The van der Waals surface area contributed by atoms with Crippen molar-refractivity contribution >= 4 is 17.5 Å². The lowest BCUT2D eigenvalue weighted by Crippen LogP contribution is -2.14. The van der Waals surface area contributed by atoms with Gasteiger partial charge < -0.3 is 16.2 Å². The summed E-state index contributed by atoms with van der Waals surface area (Å²) in [6.45, 7) is 5.06. The predicted molar refractivity (Wildman–Crippen MR) is 68.2 cm³/mol. The van der Waals surface area contributed by atoms with Crippen LogP contribution in [0.15, 0.2) is 12.3 Å². The second kappa shape index (κ2) is 6.08. The van der Waals surface area contributed by atoms with Crippen LogP contribution < -0.4 is 11.1 Å². The number of aromatic nitrogens is 1. The Labute approximate surface area is 101 Å². The summed E-state index contributed by atoms with van der Waals surface area (Å²) in [6, 6.07) is 1.47. The van der Waals surface area contributed by atoms with Crippen LogP contribution in [0.1, 0.15) is 37.0 Å².